The van der Waals surface area contributed by atoms with Gasteiger partial charge in [0.15, 0.2) is 6.29 Å². The maximum Gasteiger partial charge on any atom is 0.151 e. The molecule has 0 aromatic rings. The van der Waals surface area contributed by atoms with Gasteiger partial charge in [-0.2, -0.15) is 0 Å². The molecule has 0 fully saturated rings. The molecule has 24 heavy (non-hydrogen) atoms. The zero-order valence-corrected chi connectivity index (χ0v) is 14.2. The Hall–Kier alpha value is -0.360. The van der Waals surface area contributed by atoms with Crippen LogP contribution in [0.2, 0.25) is 0 Å². The van der Waals surface area contributed by atoms with Crippen molar-refractivity contribution in [3.63, 3.8) is 0 Å². The molecule has 148 valence electrons. The topological polar surface area (TPSA) is 171 Å². The number of rotatable bonds is 13. The van der Waals surface area contributed by atoms with Gasteiger partial charge >= 0.3 is 0 Å². The Labute approximate surface area is 142 Å². The van der Waals surface area contributed by atoms with Crippen LogP contribution in [0.3, 0.4) is 0 Å². The normalized spacial score (nSPS) is 16.2. The molecule has 8 N–H and O–H groups in total. The first-order chi connectivity index (χ1) is 11.3. The van der Waals surface area contributed by atoms with E-state index in [0.29, 0.717) is 12.8 Å². The van der Waals surface area contributed by atoms with Crippen molar-refractivity contribution in [1.29, 1.82) is 0 Å². The number of hydrogen-bond acceptors (Lipinski definition) is 9. The van der Waals surface area contributed by atoms with Crippen molar-refractivity contribution in [3.05, 3.63) is 0 Å². The number of aliphatic hydroxyl groups excluding tert-OH is 7. The van der Waals surface area contributed by atoms with Crippen molar-refractivity contribution in [2.45, 2.75) is 69.7 Å². The second-order valence-corrected chi connectivity index (χ2v) is 5.43. The van der Waals surface area contributed by atoms with Crippen LogP contribution in [0.25, 0.3) is 0 Å². The molecule has 0 amide bonds. The van der Waals surface area contributed by atoms with Gasteiger partial charge in [0.25, 0.3) is 0 Å². The van der Waals surface area contributed by atoms with Crippen molar-refractivity contribution in [3.8, 4) is 0 Å². The maximum atomic E-state index is 9.34. The van der Waals surface area contributed by atoms with Gasteiger partial charge in [0.1, 0.15) is 24.4 Å². The number of ether oxygens (including phenoxy) is 1. The molecule has 0 heterocycles. The molecule has 0 aliphatic heterocycles. The summed E-state index contributed by atoms with van der Waals surface area (Å²) in [5, 5.41) is 70.6. The Kier molecular flexibility index (Phi) is 18.8. The van der Waals surface area contributed by atoms with Gasteiger partial charge in [-0.05, 0) is 19.3 Å². The van der Waals surface area contributed by atoms with Crippen LogP contribution in [0, 0.1) is 0 Å². The van der Waals surface area contributed by atoms with Crippen LogP contribution in [0.15, 0.2) is 0 Å². The first-order valence-corrected chi connectivity index (χ1v) is 8.19. The summed E-state index contributed by atoms with van der Waals surface area (Å²) in [7, 11) is 0. The molecule has 0 rings (SSSR count). The van der Waals surface area contributed by atoms with Gasteiger partial charge in [-0.1, -0.05) is 19.8 Å². The first-order valence-electron chi connectivity index (χ1n) is 8.19. The smallest absolute Gasteiger partial charge is 0.151 e. The minimum absolute atomic E-state index is 0.0372. The van der Waals surface area contributed by atoms with Gasteiger partial charge in [0, 0.05) is 13.2 Å². The van der Waals surface area contributed by atoms with E-state index in [1.807, 2.05) is 0 Å². The summed E-state index contributed by atoms with van der Waals surface area (Å²) in [4.78, 5) is 0. The molecular weight excluding hydrogens is 324 g/mol. The highest BCUT2D eigenvalue weighted by molar-refractivity contribution is 4.80. The summed E-state index contributed by atoms with van der Waals surface area (Å²) in [6.07, 6.45) is -3.13. The molecule has 0 saturated heterocycles. The van der Waals surface area contributed by atoms with E-state index in [-0.39, 0.29) is 19.8 Å². The molecule has 4 atom stereocenters. The molecule has 0 aliphatic carbocycles. The lowest BCUT2D eigenvalue weighted by Gasteiger charge is -2.25. The predicted molar refractivity (Wildman–Crippen MR) is 86.0 cm³/mol. The fourth-order valence-corrected chi connectivity index (χ4v) is 1.61. The van der Waals surface area contributed by atoms with Gasteiger partial charge in [-0.25, -0.2) is 0 Å². The third-order valence-electron chi connectivity index (χ3n) is 3.13. The zero-order valence-electron chi connectivity index (χ0n) is 14.2. The average molecular weight is 358 g/mol. The molecule has 0 bridgehead atoms. The van der Waals surface area contributed by atoms with Gasteiger partial charge in [-0.15, -0.1) is 0 Å². The summed E-state index contributed by atoms with van der Waals surface area (Å²) in [5.74, 6) is 0. The fourth-order valence-electron chi connectivity index (χ4n) is 1.61. The monoisotopic (exact) mass is 358 g/mol. The van der Waals surface area contributed by atoms with Gasteiger partial charge in [0.2, 0.25) is 0 Å². The van der Waals surface area contributed by atoms with E-state index in [4.69, 9.17) is 30.3 Å². The van der Waals surface area contributed by atoms with Crippen LogP contribution < -0.4 is 0 Å². The second-order valence-electron chi connectivity index (χ2n) is 5.43. The van der Waals surface area contributed by atoms with E-state index in [9.17, 15) is 15.3 Å². The lowest BCUT2D eigenvalue weighted by Crippen LogP contribution is -2.47. The van der Waals surface area contributed by atoms with Crippen LogP contribution in [0.5, 0.6) is 0 Å². The van der Waals surface area contributed by atoms with E-state index in [1.165, 1.54) is 0 Å². The standard InChI is InChI=1S/C9H20O7.C6H14O2/c10-2-1-3-16-5-7(13)9(15)8(14)6(12)4-11;1-2-3-4-5-6(7)8/h6-15H,1-5H2;6-8H,2-5H2,1H3. The zero-order chi connectivity index (χ0) is 19.0. The van der Waals surface area contributed by atoms with E-state index >= 15 is 0 Å². The molecule has 0 aliphatic rings. The molecule has 4 unspecified atom stereocenters. The lowest BCUT2D eigenvalue weighted by molar-refractivity contribution is -0.129. The highest BCUT2D eigenvalue weighted by Crippen LogP contribution is 2.05. The molecule has 0 saturated carbocycles. The Balaban J connectivity index is 0. The number of unbranched alkanes of at least 4 members (excludes halogenated alkanes) is 2. The van der Waals surface area contributed by atoms with Gasteiger partial charge in [0.05, 0.1) is 13.2 Å². The second kappa shape index (κ2) is 17.5. The SMILES string of the molecule is CCCCCC(O)O.OCCCOCC(O)C(O)C(O)C(O)CO. The predicted octanol–water partition coefficient (Wildman–Crippen LogP) is -2.30. The average Bonchev–Trinajstić information content (AvgIpc) is 2.57. The summed E-state index contributed by atoms with van der Waals surface area (Å²) in [6.45, 7) is 1.33. The summed E-state index contributed by atoms with van der Waals surface area (Å²) >= 11 is 0. The van der Waals surface area contributed by atoms with Crippen LogP contribution in [-0.4, -0.2) is 98.0 Å². The summed E-state index contributed by atoms with van der Waals surface area (Å²) in [6, 6.07) is 0. The highest BCUT2D eigenvalue weighted by Gasteiger charge is 2.29. The molecule has 0 radical (unpaired) electrons. The minimum Gasteiger partial charge on any atom is -0.396 e. The van der Waals surface area contributed by atoms with Crippen molar-refractivity contribution in [1.82, 2.24) is 0 Å². The molecular formula is C15H34O9. The lowest BCUT2D eigenvalue weighted by atomic mass is 10.0. The Morgan fingerprint density at radius 3 is 1.83 bits per heavy atom. The molecule has 9 nitrogen and oxygen atoms in total. The van der Waals surface area contributed by atoms with Crippen LogP contribution in [0.1, 0.15) is 39.0 Å². The molecule has 0 spiro atoms. The number of aliphatic hydroxyl groups is 8. The van der Waals surface area contributed by atoms with Gasteiger partial charge in [-0.3, -0.25) is 0 Å². The Morgan fingerprint density at radius 1 is 0.792 bits per heavy atom. The largest absolute Gasteiger partial charge is 0.396 e. The van der Waals surface area contributed by atoms with E-state index in [0.717, 1.165) is 19.3 Å². The fraction of sp³-hybridized carbons (Fsp3) is 1.00. The Morgan fingerprint density at radius 2 is 1.38 bits per heavy atom. The van der Waals surface area contributed by atoms with E-state index in [2.05, 4.69) is 6.92 Å². The first kappa shape index (κ1) is 25.9. The highest BCUT2D eigenvalue weighted by atomic mass is 16.5. The summed E-state index contributed by atoms with van der Waals surface area (Å²) < 4.78 is 4.90. The minimum atomic E-state index is -1.64. The van der Waals surface area contributed by atoms with Crippen LogP contribution in [-0.2, 0) is 4.74 Å². The van der Waals surface area contributed by atoms with Crippen molar-refractivity contribution < 1.29 is 45.6 Å². The van der Waals surface area contributed by atoms with Crippen molar-refractivity contribution in [2.24, 2.45) is 0 Å². The summed E-state index contributed by atoms with van der Waals surface area (Å²) in [5.41, 5.74) is 0. The molecule has 0 aromatic heterocycles. The van der Waals surface area contributed by atoms with Crippen molar-refractivity contribution >= 4 is 0 Å². The molecule has 0 aromatic carbocycles. The Bertz CT molecular complexity index is 253. The molecule has 9 heteroatoms. The third kappa shape index (κ3) is 15.2. The maximum absolute atomic E-state index is 9.34. The van der Waals surface area contributed by atoms with Crippen LogP contribution in [0.4, 0.5) is 0 Å². The van der Waals surface area contributed by atoms with E-state index < -0.39 is 37.3 Å². The quantitative estimate of drug-likeness (QED) is 0.133. The van der Waals surface area contributed by atoms with Gasteiger partial charge < -0.3 is 45.6 Å². The van der Waals surface area contributed by atoms with Crippen molar-refractivity contribution in [2.75, 3.05) is 26.4 Å². The third-order valence-corrected chi connectivity index (χ3v) is 3.13. The van der Waals surface area contributed by atoms with Crippen LogP contribution >= 0.6 is 0 Å². The number of hydrogen-bond donors (Lipinski definition) is 8. The van der Waals surface area contributed by atoms with E-state index in [1.54, 1.807) is 0 Å².